The molecule has 0 unspecified atom stereocenters. The Morgan fingerprint density at radius 1 is 0.643 bits per heavy atom. The third kappa shape index (κ3) is 1.78. The van der Waals surface area contributed by atoms with Gasteiger partial charge in [-0.2, -0.15) is 0 Å². The molecule has 1 rings (SSSR count). The maximum atomic E-state index is 5.94. The van der Waals surface area contributed by atoms with E-state index in [0.29, 0.717) is 11.8 Å². The molecule has 14 heavy (non-hydrogen) atoms. The van der Waals surface area contributed by atoms with Crippen molar-refractivity contribution in [2.75, 3.05) is 0 Å². The molecule has 0 spiro atoms. The van der Waals surface area contributed by atoms with Gasteiger partial charge in [-0.05, 0) is 61.1 Å². The minimum atomic E-state index is 0.585. The average molecular weight is 231 g/mol. The molecule has 1 aromatic carbocycles. The normalized spacial score (nSPS) is 10.7. The van der Waals surface area contributed by atoms with Crippen molar-refractivity contribution in [2.45, 2.75) is 39.5 Å². The van der Waals surface area contributed by atoms with E-state index in [1.54, 1.807) is 0 Å². The lowest BCUT2D eigenvalue weighted by molar-refractivity contribution is 1.10. The monoisotopic (exact) mass is 230 g/mol. The molecule has 2 heteroatoms. The van der Waals surface area contributed by atoms with E-state index in [9.17, 15) is 0 Å². The van der Waals surface area contributed by atoms with Crippen molar-refractivity contribution in [2.24, 2.45) is 0 Å². The Kier molecular flexibility index (Phi) is 3.86. The summed E-state index contributed by atoms with van der Waals surface area (Å²) in [5.74, 6) is 1.17. The Bertz CT molecular complexity index is 290. The summed E-state index contributed by atoms with van der Waals surface area (Å²) in [4.78, 5) is 0. The highest BCUT2D eigenvalue weighted by atomic mass is 35.5. The van der Waals surface area contributed by atoms with Gasteiger partial charge in [0.1, 0.15) is 0 Å². The number of hydrogen-bond acceptors (Lipinski definition) is 0. The number of alkyl halides is 2. The van der Waals surface area contributed by atoms with Gasteiger partial charge in [-0.15, -0.1) is 23.2 Å². The van der Waals surface area contributed by atoms with Crippen molar-refractivity contribution < 1.29 is 0 Å². The van der Waals surface area contributed by atoms with Crippen molar-refractivity contribution >= 4 is 23.2 Å². The smallest absolute Gasteiger partial charge is 0.0479 e. The van der Waals surface area contributed by atoms with Gasteiger partial charge in [-0.1, -0.05) is 0 Å². The van der Waals surface area contributed by atoms with E-state index in [1.165, 1.54) is 33.4 Å². The molecule has 0 heterocycles. The van der Waals surface area contributed by atoms with Gasteiger partial charge in [0.05, 0.1) is 0 Å². The highest BCUT2D eigenvalue weighted by Gasteiger charge is 2.12. The van der Waals surface area contributed by atoms with Crippen molar-refractivity contribution in [3.8, 4) is 0 Å². The first-order chi connectivity index (χ1) is 6.54. The van der Waals surface area contributed by atoms with Crippen LogP contribution in [-0.4, -0.2) is 0 Å². The van der Waals surface area contributed by atoms with Crippen LogP contribution in [0.5, 0.6) is 0 Å². The summed E-state index contributed by atoms with van der Waals surface area (Å²) in [5.41, 5.74) is 7.68. The highest BCUT2D eigenvalue weighted by Crippen LogP contribution is 2.28. The van der Waals surface area contributed by atoms with E-state index >= 15 is 0 Å². The number of hydrogen-bond donors (Lipinski definition) is 0. The fraction of sp³-hybridized carbons (Fsp3) is 0.500. The largest absolute Gasteiger partial charge is 0.122 e. The summed E-state index contributed by atoms with van der Waals surface area (Å²) < 4.78 is 0. The van der Waals surface area contributed by atoms with E-state index in [0.717, 1.165) is 0 Å². The zero-order chi connectivity index (χ0) is 10.9. The maximum Gasteiger partial charge on any atom is 0.0479 e. The lowest BCUT2D eigenvalue weighted by atomic mass is 9.90. The molecule has 0 bridgehead atoms. The van der Waals surface area contributed by atoms with E-state index < -0.39 is 0 Å². The fourth-order valence-electron chi connectivity index (χ4n) is 1.87. The molecule has 0 aliphatic carbocycles. The molecule has 0 saturated heterocycles. The molecule has 1 aromatic rings. The van der Waals surface area contributed by atoms with Crippen LogP contribution in [0.4, 0.5) is 0 Å². The van der Waals surface area contributed by atoms with Gasteiger partial charge in [0.15, 0.2) is 0 Å². The Balaban J connectivity index is 3.55. The fourth-order valence-corrected chi connectivity index (χ4v) is 2.67. The van der Waals surface area contributed by atoms with Gasteiger partial charge >= 0.3 is 0 Å². The Labute approximate surface area is 96.2 Å². The van der Waals surface area contributed by atoms with Gasteiger partial charge in [0.25, 0.3) is 0 Å². The minimum Gasteiger partial charge on any atom is -0.122 e. The Hall–Kier alpha value is -0.200. The zero-order valence-electron chi connectivity index (χ0n) is 9.17. The summed E-state index contributed by atoms with van der Waals surface area (Å²) in [6, 6.07) is 0. The molecule has 0 N–H and O–H groups in total. The van der Waals surface area contributed by atoms with Crippen LogP contribution in [-0.2, 0) is 11.8 Å². The Morgan fingerprint density at radius 3 is 1.00 bits per heavy atom. The van der Waals surface area contributed by atoms with Crippen LogP contribution >= 0.6 is 23.2 Å². The average Bonchev–Trinajstić information content (AvgIpc) is 2.17. The first-order valence-corrected chi connectivity index (χ1v) is 5.81. The van der Waals surface area contributed by atoms with Crippen LogP contribution in [0, 0.1) is 27.7 Å². The van der Waals surface area contributed by atoms with Gasteiger partial charge in [-0.3, -0.25) is 0 Å². The molecule has 78 valence electrons. The van der Waals surface area contributed by atoms with Crippen molar-refractivity contribution in [1.82, 2.24) is 0 Å². The van der Waals surface area contributed by atoms with Crippen LogP contribution in [0.2, 0.25) is 0 Å². The summed E-state index contributed by atoms with van der Waals surface area (Å²) in [6.45, 7) is 8.48. The van der Waals surface area contributed by atoms with Crippen LogP contribution < -0.4 is 0 Å². The maximum absolute atomic E-state index is 5.94. The number of benzene rings is 1. The topological polar surface area (TPSA) is 0 Å². The molecule has 0 aromatic heterocycles. The summed E-state index contributed by atoms with van der Waals surface area (Å²) >= 11 is 11.9. The minimum absolute atomic E-state index is 0.585. The molecule has 0 saturated carbocycles. The molecular weight excluding hydrogens is 215 g/mol. The molecule has 0 aliphatic heterocycles. The van der Waals surface area contributed by atoms with Gasteiger partial charge < -0.3 is 0 Å². The molecule has 0 radical (unpaired) electrons. The van der Waals surface area contributed by atoms with E-state index in [-0.39, 0.29) is 0 Å². The predicted molar refractivity (Wildman–Crippen MR) is 64.5 cm³/mol. The first-order valence-electron chi connectivity index (χ1n) is 4.74. The molecular formula is C12H16Cl2. The first kappa shape index (κ1) is 11.9. The van der Waals surface area contributed by atoms with Gasteiger partial charge in [-0.25, -0.2) is 0 Å². The molecule has 0 fully saturated rings. The quantitative estimate of drug-likeness (QED) is 0.662. The van der Waals surface area contributed by atoms with Crippen LogP contribution in [0.3, 0.4) is 0 Å². The van der Waals surface area contributed by atoms with E-state index in [4.69, 9.17) is 23.2 Å². The summed E-state index contributed by atoms with van der Waals surface area (Å²) in [5, 5.41) is 0. The van der Waals surface area contributed by atoms with Crippen molar-refractivity contribution in [1.29, 1.82) is 0 Å². The van der Waals surface area contributed by atoms with Crippen molar-refractivity contribution in [3.63, 3.8) is 0 Å². The van der Waals surface area contributed by atoms with Crippen molar-refractivity contribution in [3.05, 3.63) is 33.4 Å². The van der Waals surface area contributed by atoms with Crippen LogP contribution in [0.1, 0.15) is 33.4 Å². The van der Waals surface area contributed by atoms with Crippen LogP contribution in [0.15, 0.2) is 0 Å². The third-order valence-electron chi connectivity index (χ3n) is 3.20. The molecule has 0 atom stereocenters. The predicted octanol–water partition coefficient (Wildman–Crippen LogP) is 4.40. The highest BCUT2D eigenvalue weighted by molar-refractivity contribution is 6.18. The third-order valence-corrected chi connectivity index (χ3v) is 3.74. The molecule has 0 aliphatic rings. The zero-order valence-corrected chi connectivity index (χ0v) is 10.7. The van der Waals surface area contributed by atoms with E-state index in [1.807, 2.05) is 0 Å². The molecule has 0 amide bonds. The summed E-state index contributed by atoms with van der Waals surface area (Å²) in [7, 11) is 0. The second-order valence-corrected chi connectivity index (χ2v) is 4.26. The lowest BCUT2D eigenvalue weighted by Gasteiger charge is -2.17. The Morgan fingerprint density at radius 2 is 0.857 bits per heavy atom. The van der Waals surface area contributed by atoms with Gasteiger partial charge in [0, 0.05) is 11.8 Å². The second-order valence-electron chi connectivity index (χ2n) is 3.72. The summed E-state index contributed by atoms with van der Waals surface area (Å²) in [6.07, 6.45) is 0. The van der Waals surface area contributed by atoms with Gasteiger partial charge in [0.2, 0.25) is 0 Å². The molecule has 0 nitrogen and oxygen atoms in total. The standard InChI is InChI=1S/C12H16Cl2/c1-7-8(2)12(6-14)10(4)9(3)11(7)5-13/h5-6H2,1-4H3. The van der Waals surface area contributed by atoms with E-state index in [2.05, 4.69) is 27.7 Å². The number of halogens is 2. The SMILES string of the molecule is Cc1c(C)c(CCl)c(C)c(C)c1CCl. The second kappa shape index (κ2) is 4.55. The number of rotatable bonds is 2. The van der Waals surface area contributed by atoms with Crippen LogP contribution in [0.25, 0.3) is 0 Å². The lowest BCUT2D eigenvalue weighted by Crippen LogP contribution is -2.02.